The van der Waals surface area contributed by atoms with E-state index < -0.39 is 10.8 Å². The van der Waals surface area contributed by atoms with Crippen LogP contribution in [-0.2, 0) is 6.61 Å². The van der Waals surface area contributed by atoms with E-state index >= 15 is 0 Å². The van der Waals surface area contributed by atoms with Crippen molar-refractivity contribution >= 4 is 74.6 Å². The second-order valence-electron chi connectivity index (χ2n) is 6.35. The minimum Gasteiger partial charge on any atom is -0.507 e. The second kappa shape index (κ2) is 10.9. The number of nitro groups is 1. The van der Waals surface area contributed by atoms with Crippen molar-refractivity contribution in [2.75, 3.05) is 0 Å². The van der Waals surface area contributed by atoms with E-state index in [0.717, 1.165) is 30.9 Å². The first-order chi connectivity index (χ1) is 15.3. The van der Waals surface area contributed by atoms with E-state index in [1.54, 1.807) is 6.07 Å². The van der Waals surface area contributed by atoms with Gasteiger partial charge >= 0.3 is 0 Å². The molecule has 0 saturated carbocycles. The van der Waals surface area contributed by atoms with E-state index in [1.165, 1.54) is 6.21 Å². The molecule has 0 spiro atoms. The molecule has 0 saturated heterocycles. The summed E-state index contributed by atoms with van der Waals surface area (Å²) < 4.78 is 7.61. The van der Waals surface area contributed by atoms with Gasteiger partial charge in [0.15, 0.2) is 0 Å². The van der Waals surface area contributed by atoms with Crippen LogP contribution in [0.5, 0.6) is 11.5 Å². The van der Waals surface area contributed by atoms with E-state index in [9.17, 15) is 20.0 Å². The van der Waals surface area contributed by atoms with Crippen LogP contribution in [0.1, 0.15) is 21.5 Å². The molecule has 8 nitrogen and oxygen atoms in total. The van der Waals surface area contributed by atoms with Gasteiger partial charge in [-0.05, 0) is 75.0 Å². The summed E-state index contributed by atoms with van der Waals surface area (Å²) in [6, 6.07) is 14.3. The van der Waals surface area contributed by atoms with Crippen molar-refractivity contribution in [3.05, 3.63) is 93.6 Å². The predicted molar refractivity (Wildman–Crippen MR) is 137 cm³/mol. The Morgan fingerprint density at radius 1 is 1.19 bits per heavy atom. The van der Waals surface area contributed by atoms with E-state index in [2.05, 4.69) is 55.7 Å². The van der Waals surface area contributed by atoms with Crippen LogP contribution in [-0.4, -0.2) is 22.2 Å². The van der Waals surface area contributed by atoms with Crippen molar-refractivity contribution in [1.82, 2.24) is 5.43 Å². The number of hydrazone groups is 1. The van der Waals surface area contributed by atoms with Gasteiger partial charge in [-0.15, -0.1) is 0 Å². The molecule has 1 amide bonds. The van der Waals surface area contributed by atoms with Crippen LogP contribution in [0.2, 0.25) is 5.02 Å². The number of hydrogen-bond donors (Lipinski definition) is 2. The zero-order chi connectivity index (χ0) is 23.3. The molecule has 3 aromatic rings. The van der Waals surface area contributed by atoms with Gasteiger partial charge in [-0.1, -0.05) is 29.8 Å². The van der Waals surface area contributed by atoms with Crippen molar-refractivity contribution in [3.63, 3.8) is 0 Å². The molecule has 32 heavy (non-hydrogen) atoms. The first-order valence-electron chi connectivity index (χ1n) is 8.92. The molecular weight excluding hydrogens is 664 g/mol. The minimum atomic E-state index is -0.772. The lowest BCUT2D eigenvalue weighted by molar-refractivity contribution is -0.384. The number of nitrogens with zero attached hydrogens (tertiary/aromatic N) is 2. The number of amides is 1. The summed E-state index contributed by atoms with van der Waals surface area (Å²) in [4.78, 5) is 22.4. The van der Waals surface area contributed by atoms with Crippen molar-refractivity contribution < 1.29 is 19.6 Å². The SMILES string of the molecule is O=C(N/N=C\c1cc(I)c(OCc2ccccc2Cl)c(I)c1)c1cc([N+](=O)[O-])ccc1O. The number of phenolic OH excluding ortho intramolecular Hbond substituents is 1. The maximum Gasteiger partial charge on any atom is 0.275 e. The van der Waals surface area contributed by atoms with Crippen LogP contribution in [0.25, 0.3) is 0 Å². The number of hydrogen-bond acceptors (Lipinski definition) is 6. The molecule has 3 rings (SSSR count). The number of ether oxygens (including phenoxy) is 1. The third-order valence-corrected chi connectivity index (χ3v) is 6.14. The Morgan fingerprint density at radius 2 is 1.88 bits per heavy atom. The molecular formula is C21H14ClI2N3O5. The maximum atomic E-state index is 12.2. The van der Waals surface area contributed by atoms with Crippen LogP contribution >= 0.6 is 56.8 Å². The Kier molecular flexibility index (Phi) is 8.26. The first-order valence-corrected chi connectivity index (χ1v) is 11.5. The van der Waals surface area contributed by atoms with E-state index in [0.29, 0.717) is 22.9 Å². The molecule has 0 bridgehead atoms. The average Bonchev–Trinajstić information content (AvgIpc) is 2.74. The van der Waals surface area contributed by atoms with Gasteiger partial charge in [0.1, 0.15) is 18.1 Å². The number of nitrogens with one attached hydrogen (secondary N) is 1. The number of benzene rings is 3. The first kappa shape index (κ1) is 24.2. The number of carbonyl (C=O) groups excluding carboxylic acids is 1. The van der Waals surface area contributed by atoms with Crippen LogP contribution < -0.4 is 10.2 Å². The van der Waals surface area contributed by atoms with Gasteiger partial charge < -0.3 is 9.84 Å². The number of halogens is 3. The predicted octanol–water partition coefficient (Wildman–Crippen LogP) is 5.51. The number of rotatable bonds is 7. The lowest BCUT2D eigenvalue weighted by atomic mass is 10.1. The molecule has 0 aliphatic carbocycles. The second-order valence-corrected chi connectivity index (χ2v) is 9.08. The van der Waals surface area contributed by atoms with Crippen molar-refractivity contribution in [1.29, 1.82) is 0 Å². The maximum absolute atomic E-state index is 12.2. The van der Waals surface area contributed by atoms with Crippen molar-refractivity contribution in [2.24, 2.45) is 5.10 Å². The van der Waals surface area contributed by atoms with E-state index in [4.69, 9.17) is 16.3 Å². The highest BCUT2D eigenvalue weighted by molar-refractivity contribution is 14.1. The molecule has 0 atom stereocenters. The fourth-order valence-corrected chi connectivity index (χ4v) is 4.92. The Bertz CT molecular complexity index is 1200. The number of carbonyl (C=O) groups is 1. The molecule has 0 aliphatic rings. The molecule has 164 valence electrons. The highest BCUT2D eigenvalue weighted by Gasteiger charge is 2.16. The smallest absolute Gasteiger partial charge is 0.275 e. The van der Waals surface area contributed by atoms with Crippen LogP contribution in [0.15, 0.2) is 59.7 Å². The topological polar surface area (TPSA) is 114 Å². The summed E-state index contributed by atoms with van der Waals surface area (Å²) in [6.45, 7) is 0.321. The fourth-order valence-electron chi connectivity index (χ4n) is 2.60. The van der Waals surface area contributed by atoms with Gasteiger partial charge in [0.25, 0.3) is 11.6 Å². The van der Waals surface area contributed by atoms with E-state index in [1.807, 2.05) is 30.3 Å². The van der Waals surface area contributed by atoms with Crippen LogP contribution in [0.3, 0.4) is 0 Å². The molecule has 2 N–H and O–H groups in total. The molecule has 3 aromatic carbocycles. The molecule has 0 fully saturated rings. The molecule has 11 heteroatoms. The number of aromatic hydroxyl groups is 1. The third kappa shape index (κ3) is 6.07. The Balaban J connectivity index is 1.69. The zero-order valence-corrected chi connectivity index (χ0v) is 21.2. The Morgan fingerprint density at radius 3 is 2.53 bits per heavy atom. The molecule has 0 heterocycles. The minimum absolute atomic E-state index is 0.246. The van der Waals surface area contributed by atoms with Crippen LogP contribution in [0.4, 0.5) is 5.69 Å². The highest BCUT2D eigenvalue weighted by Crippen LogP contribution is 2.30. The standard InChI is InChI=1S/C21H14ClI2N3O5/c22-16-4-2-1-3-13(16)11-32-20-17(23)7-12(8-18(20)24)10-25-26-21(29)15-9-14(27(30)31)5-6-19(15)28/h1-10,28H,11H2,(H,26,29)/b25-10-. The van der Waals surface area contributed by atoms with Crippen molar-refractivity contribution in [2.45, 2.75) is 6.61 Å². The lowest BCUT2D eigenvalue weighted by Crippen LogP contribution is -2.18. The Hall–Kier alpha value is -2.45. The van der Waals surface area contributed by atoms with Crippen molar-refractivity contribution in [3.8, 4) is 11.5 Å². The molecule has 0 unspecified atom stereocenters. The third-order valence-electron chi connectivity index (χ3n) is 4.17. The number of non-ortho nitro benzene ring substituents is 1. The average molecular weight is 678 g/mol. The van der Waals surface area contributed by atoms with E-state index in [-0.39, 0.29) is 17.0 Å². The van der Waals surface area contributed by atoms with Gasteiger partial charge in [-0.2, -0.15) is 5.10 Å². The quantitative estimate of drug-likeness (QED) is 0.148. The molecule has 0 radical (unpaired) electrons. The van der Waals surface area contributed by atoms with Crippen LogP contribution in [0, 0.1) is 17.3 Å². The molecule has 0 aromatic heterocycles. The molecule has 0 aliphatic heterocycles. The fraction of sp³-hybridized carbons (Fsp3) is 0.0476. The summed E-state index contributed by atoms with van der Waals surface area (Å²) in [5, 5.41) is 25.2. The van der Waals surface area contributed by atoms with Gasteiger partial charge in [0.05, 0.1) is 23.8 Å². The zero-order valence-electron chi connectivity index (χ0n) is 16.1. The van der Waals surface area contributed by atoms with Gasteiger partial charge in [-0.3, -0.25) is 14.9 Å². The summed E-state index contributed by atoms with van der Waals surface area (Å²) >= 11 is 10.5. The lowest BCUT2D eigenvalue weighted by Gasteiger charge is -2.12. The summed E-state index contributed by atoms with van der Waals surface area (Å²) in [5.41, 5.74) is 3.27. The number of phenols is 1. The monoisotopic (exact) mass is 677 g/mol. The number of nitro benzene ring substituents is 1. The highest BCUT2D eigenvalue weighted by atomic mass is 127. The Labute approximate surface area is 215 Å². The summed E-state index contributed by atoms with van der Waals surface area (Å²) in [5.74, 6) is -0.451. The van der Waals surface area contributed by atoms with Gasteiger partial charge in [-0.25, -0.2) is 5.43 Å². The summed E-state index contributed by atoms with van der Waals surface area (Å²) in [6.07, 6.45) is 1.43. The largest absolute Gasteiger partial charge is 0.507 e. The summed E-state index contributed by atoms with van der Waals surface area (Å²) in [7, 11) is 0. The van der Waals surface area contributed by atoms with Gasteiger partial charge in [0.2, 0.25) is 0 Å². The van der Waals surface area contributed by atoms with Gasteiger partial charge in [0, 0.05) is 22.7 Å². The normalized spacial score (nSPS) is 10.8.